The Bertz CT molecular complexity index is 511. The molecule has 0 radical (unpaired) electrons. The molecule has 3 N–H and O–H groups in total. The van der Waals surface area contributed by atoms with Crippen LogP contribution in [0, 0.1) is 0 Å². The Hall–Kier alpha value is -1.98. The van der Waals surface area contributed by atoms with E-state index in [0.717, 1.165) is 36.7 Å². The van der Waals surface area contributed by atoms with E-state index in [-0.39, 0.29) is 0 Å². The molecule has 0 aromatic carbocycles. The van der Waals surface area contributed by atoms with Crippen LogP contribution in [0.5, 0.6) is 0 Å². The summed E-state index contributed by atoms with van der Waals surface area (Å²) < 4.78 is 3.88. The fraction of sp³-hybridized carbons (Fsp3) is 0.538. The van der Waals surface area contributed by atoms with Crippen molar-refractivity contribution in [1.29, 1.82) is 0 Å². The number of nitrogens with two attached hydrogens (primary N) is 1. The average Bonchev–Trinajstić information content (AvgIpc) is 2.96. The quantitative estimate of drug-likeness (QED) is 0.779. The predicted molar refractivity (Wildman–Crippen MR) is 77.0 cm³/mol. The maximum atomic E-state index is 6.12. The summed E-state index contributed by atoms with van der Waals surface area (Å²) in [6, 6.07) is 0. The van der Waals surface area contributed by atoms with Crippen LogP contribution in [-0.4, -0.2) is 25.9 Å². The van der Waals surface area contributed by atoms with Gasteiger partial charge in [0.15, 0.2) is 0 Å². The van der Waals surface area contributed by atoms with E-state index in [2.05, 4.69) is 33.8 Å². The molecule has 6 heteroatoms. The predicted octanol–water partition coefficient (Wildman–Crippen LogP) is 1.82. The summed E-state index contributed by atoms with van der Waals surface area (Å²) in [4.78, 5) is 4.02. The van der Waals surface area contributed by atoms with Gasteiger partial charge in [0.25, 0.3) is 0 Å². The first kappa shape index (κ1) is 13.5. The fourth-order valence-electron chi connectivity index (χ4n) is 2.08. The molecule has 0 fully saturated rings. The molecule has 2 heterocycles. The first-order valence-electron chi connectivity index (χ1n) is 6.61. The van der Waals surface area contributed by atoms with Gasteiger partial charge in [0.05, 0.1) is 17.7 Å². The Balaban J connectivity index is 1.89. The number of rotatable bonds is 6. The smallest absolute Gasteiger partial charge is 0.147 e. The molecule has 0 aliphatic rings. The average molecular weight is 262 g/mol. The molecule has 0 bridgehead atoms. The summed E-state index contributed by atoms with van der Waals surface area (Å²) in [7, 11) is 1.92. The van der Waals surface area contributed by atoms with Gasteiger partial charge in [0.2, 0.25) is 0 Å². The van der Waals surface area contributed by atoms with Crippen LogP contribution in [0.4, 0.5) is 11.5 Å². The van der Waals surface area contributed by atoms with E-state index in [0.29, 0.717) is 5.92 Å². The minimum absolute atomic E-state index is 0.340. The molecule has 2 aromatic heterocycles. The number of hydrogen-bond acceptors (Lipinski definition) is 4. The monoisotopic (exact) mass is 262 g/mol. The second-order valence-corrected chi connectivity index (χ2v) is 5.01. The Kier molecular flexibility index (Phi) is 4.09. The van der Waals surface area contributed by atoms with Crippen molar-refractivity contribution in [2.24, 2.45) is 7.05 Å². The maximum absolute atomic E-state index is 6.12. The molecule has 0 saturated carbocycles. The van der Waals surface area contributed by atoms with Crippen molar-refractivity contribution in [2.45, 2.75) is 32.7 Å². The normalized spacial score (nSPS) is 11.2. The molecule has 0 atom stereocenters. The van der Waals surface area contributed by atoms with Crippen LogP contribution in [-0.2, 0) is 13.6 Å². The number of aromatic nitrogens is 4. The van der Waals surface area contributed by atoms with E-state index >= 15 is 0 Å². The SMILES string of the molecule is CC(C)c1nn(C)c(NCCCn2ccnc2)c1N. The van der Waals surface area contributed by atoms with Crippen LogP contribution in [0.1, 0.15) is 31.9 Å². The number of aryl methyl sites for hydroxylation is 2. The minimum Gasteiger partial charge on any atom is -0.394 e. The second-order valence-electron chi connectivity index (χ2n) is 5.01. The van der Waals surface area contributed by atoms with Gasteiger partial charge in [0.1, 0.15) is 5.82 Å². The van der Waals surface area contributed by atoms with Crippen LogP contribution < -0.4 is 11.1 Å². The van der Waals surface area contributed by atoms with E-state index in [1.165, 1.54) is 0 Å². The van der Waals surface area contributed by atoms with Gasteiger partial charge >= 0.3 is 0 Å². The summed E-state index contributed by atoms with van der Waals surface area (Å²) in [5, 5.41) is 7.81. The minimum atomic E-state index is 0.340. The number of nitrogens with zero attached hydrogens (tertiary/aromatic N) is 4. The highest BCUT2D eigenvalue weighted by molar-refractivity contribution is 5.65. The Labute approximate surface area is 113 Å². The van der Waals surface area contributed by atoms with E-state index in [9.17, 15) is 0 Å². The summed E-state index contributed by atoms with van der Waals surface area (Å²) in [5.41, 5.74) is 7.84. The Morgan fingerprint density at radius 2 is 2.21 bits per heavy atom. The first-order chi connectivity index (χ1) is 9.09. The topological polar surface area (TPSA) is 73.7 Å². The van der Waals surface area contributed by atoms with Gasteiger partial charge in [-0.3, -0.25) is 4.68 Å². The summed E-state index contributed by atoms with van der Waals surface area (Å²) in [5.74, 6) is 1.25. The van der Waals surface area contributed by atoms with Crippen molar-refractivity contribution in [1.82, 2.24) is 19.3 Å². The Morgan fingerprint density at radius 3 is 2.79 bits per heavy atom. The van der Waals surface area contributed by atoms with Gasteiger partial charge < -0.3 is 15.6 Å². The van der Waals surface area contributed by atoms with Gasteiger partial charge in [-0.25, -0.2) is 4.98 Å². The molecular formula is C13H22N6. The van der Waals surface area contributed by atoms with E-state index in [1.54, 1.807) is 6.20 Å². The van der Waals surface area contributed by atoms with Crippen molar-refractivity contribution in [3.63, 3.8) is 0 Å². The lowest BCUT2D eigenvalue weighted by atomic mass is 10.1. The molecule has 0 amide bonds. The molecule has 0 unspecified atom stereocenters. The molecule has 19 heavy (non-hydrogen) atoms. The van der Waals surface area contributed by atoms with E-state index in [4.69, 9.17) is 5.73 Å². The van der Waals surface area contributed by atoms with Crippen LogP contribution in [0.15, 0.2) is 18.7 Å². The van der Waals surface area contributed by atoms with Crippen molar-refractivity contribution in [3.05, 3.63) is 24.4 Å². The lowest BCUT2D eigenvalue weighted by Crippen LogP contribution is -2.10. The zero-order valence-electron chi connectivity index (χ0n) is 11.8. The van der Waals surface area contributed by atoms with E-state index < -0.39 is 0 Å². The van der Waals surface area contributed by atoms with Gasteiger partial charge in [-0.05, 0) is 12.3 Å². The van der Waals surface area contributed by atoms with Crippen LogP contribution in [0.25, 0.3) is 0 Å². The first-order valence-corrected chi connectivity index (χ1v) is 6.61. The molecule has 2 rings (SSSR count). The molecule has 2 aromatic rings. The molecule has 0 aliphatic heterocycles. The second kappa shape index (κ2) is 5.77. The lowest BCUT2D eigenvalue weighted by Gasteiger charge is -2.08. The highest BCUT2D eigenvalue weighted by Crippen LogP contribution is 2.27. The Morgan fingerprint density at radius 1 is 1.42 bits per heavy atom. The van der Waals surface area contributed by atoms with Crippen molar-refractivity contribution in [3.8, 4) is 0 Å². The summed E-state index contributed by atoms with van der Waals surface area (Å²) in [6.07, 6.45) is 6.60. The molecule has 0 aliphatic carbocycles. The molecular weight excluding hydrogens is 240 g/mol. The number of nitrogen functional groups attached to an aromatic ring is 1. The summed E-state index contributed by atoms with van der Waals surface area (Å²) in [6.45, 7) is 6.00. The van der Waals surface area contributed by atoms with Crippen molar-refractivity contribution < 1.29 is 0 Å². The summed E-state index contributed by atoms with van der Waals surface area (Å²) >= 11 is 0. The highest BCUT2D eigenvalue weighted by Gasteiger charge is 2.15. The van der Waals surface area contributed by atoms with Gasteiger partial charge in [0, 0.05) is 32.5 Å². The van der Waals surface area contributed by atoms with Gasteiger partial charge in [-0.2, -0.15) is 5.10 Å². The maximum Gasteiger partial charge on any atom is 0.147 e. The zero-order valence-corrected chi connectivity index (χ0v) is 11.8. The number of imidazole rings is 1. The number of anilines is 2. The molecule has 6 nitrogen and oxygen atoms in total. The zero-order chi connectivity index (χ0) is 13.8. The molecule has 0 spiro atoms. The van der Waals surface area contributed by atoms with Gasteiger partial charge in [-0.15, -0.1) is 0 Å². The number of hydrogen-bond donors (Lipinski definition) is 2. The molecule has 0 saturated heterocycles. The van der Waals surface area contributed by atoms with Crippen molar-refractivity contribution >= 4 is 11.5 Å². The largest absolute Gasteiger partial charge is 0.394 e. The van der Waals surface area contributed by atoms with E-state index in [1.807, 2.05) is 24.3 Å². The van der Waals surface area contributed by atoms with Gasteiger partial charge in [-0.1, -0.05) is 13.8 Å². The lowest BCUT2D eigenvalue weighted by molar-refractivity contribution is 0.655. The van der Waals surface area contributed by atoms with Crippen LogP contribution in [0.2, 0.25) is 0 Å². The fourth-order valence-corrected chi connectivity index (χ4v) is 2.08. The van der Waals surface area contributed by atoms with Crippen LogP contribution >= 0.6 is 0 Å². The van der Waals surface area contributed by atoms with Crippen molar-refractivity contribution in [2.75, 3.05) is 17.6 Å². The standard InChI is InChI=1S/C13H22N6/c1-10(2)12-11(14)13(18(3)17-12)16-5-4-7-19-8-6-15-9-19/h6,8-10,16H,4-5,7,14H2,1-3H3. The third-order valence-corrected chi connectivity index (χ3v) is 3.10. The third-order valence-electron chi connectivity index (χ3n) is 3.10. The highest BCUT2D eigenvalue weighted by atomic mass is 15.3. The van der Waals surface area contributed by atoms with Crippen LogP contribution in [0.3, 0.4) is 0 Å². The number of nitrogens with one attached hydrogen (secondary N) is 1. The third kappa shape index (κ3) is 3.07. The molecule has 104 valence electrons.